The number of anilines is 2. The first-order valence-electron chi connectivity index (χ1n) is 10.3. The van der Waals surface area contributed by atoms with Crippen molar-refractivity contribution >= 4 is 39.9 Å². The average molecular weight is 423 g/mol. The average Bonchev–Trinajstić information content (AvgIpc) is 3.29. The molecule has 6 nitrogen and oxygen atoms in total. The van der Waals surface area contributed by atoms with Gasteiger partial charge in [0.15, 0.2) is 5.16 Å². The first-order chi connectivity index (χ1) is 14.6. The number of hydrogen-bond acceptors (Lipinski definition) is 5. The van der Waals surface area contributed by atoms with E-state index in [2.05, 4.69) is 27.3 Å². The summed E-state index contributed by atoms with van der Waals surface area (Å²) in [4.78, 5) is 32.3. The molecule has 1 aromatic heterocycles. The van der Waals surface area contributed by atoms with Crippen LogP contribution in [0.4, 0.5) is 11.4 Å². The van der Waals surface area contributed by atoms with Crippen molar-refractivity contribution in [1.29, 1.82) is 0 Å². The molecule has 0 radical (unpaired) electrons. The highest BCUT2D eigenvalue weighted by Gasteiger charge is 2.15. The van der Waals surface area contributed by atoms with Crippen LogP contribution in [0.3, 0.4) is 0 Å². The van der Waals surface area contributed by atoms with E-state index in [9.17, 15) is 9.59 Å². The molecule has 0 spiro atoms. The highest BCUT2D eigenvalue weighted by atomic mass is 32.2. The van der Waals surface area contributed by atoms with Crippen LogP contribution < -0.4 is 15.8 Å². The third-order valence-electron chi connectivity index (χ3n) is 5.43. The fourth-order valence-corrected chi connectivity index (χ4v) is 4.68. The number of nitrogens with zero attached hydrogens (tertiary/aromatic N) is 3. The maximum absolute atomic E-state index is 12.7. The van der Waals surface area contributed by atoms with Crippen LogP contribution in [0.5, 0.6) is 0 Å². The number of carbonyl (C=O) groups is 1. The minimum Gasteiger partial charge on any atom is -0.372 e. The molecule has 1 amide bonds. The van der Waals surface area contributed by atoms with Crippen LogP contribution in [0.25, 0.3) is 10.9 Å². The second-order valence-electron chi connectivity index (χ2n) is 7.49. The first-order valence-corrected chi connectivity index (χ1v) is 11.3. The molecule has 4 rings (SSSR count). The van der Waals surface area contributed by atoms with Gasteiger partial charge in [-0.25, -0.2) is 4.98 Å². The predicted molar refractivity (Wildman–Crippen MR) is 124 cm³/mol. The van der Waals surface area contributed by atoms with E-state index < -0.39 is 0 Å². The van der Waals surface area contributed by atoms with E-state index in [0.717, 1.165) is 24.3 Å². The van der Waals surface area contributed by atoms with Crippen molar-refractivity contribution in [3.8, 4) is 0 Å². The number of hydrogen-bond donors (Lipinski definition) is 1. The highest BCUT2D eigenvalue weighted by molar-refractivity contribution is 7.99. The van der Waals surface area contributed by atoms with Crippen molar-refractivity contribution < 1.29 is 4.79 Å². The van der Waals surface area contributed by atoms with Crippen LogP contribution in [0, 0.1) is 6.92 Å². The Morgan fingerprint density at radius 1 is 1.17 bits per heavy atom. The lowest BCUT2D eigenvalue weighted by atomic mass is 10.1. The van der Waals surface area contributed by atoms with Crippen molar-refractivity contribution in [3.05, 3.63) is 58.4 Å². The molecule has 3 aromatic rings. The summed E-state index contributed by atoms with van der Waals surface area (Å²) in [6.45, 7) is 6.63. The Balaban J connectivity index is 1.46. The standard InChI is InChI=1S/C23H26N4O2S/c1-3-27-22(29)18-8-4-5-9-20(18)25-23(27)30-15-21(28)24-19-11-10-17(14-16(19)2)26-12-6-7-13-26/h4-5,8-11,14H,3,6-7,12-13,15H2,1-2H3,(H,24,28). The number of benzene rings is 2. The molecule has 30 heavy (non-hydrogen) atoms. The predicted octanol–water partition coefficient (Wildman–Crippen LogP) is 4.06. The number of carbonyl (C=O) groups excluding carboxylic acids is 1. The number of thioether (sulfide) groups is 1. The number of aromatic nitrogens is 2. The van der Waals surface area contributed by atoms with Crippen LogP contribution in [0.15, 0.2) is 52.4 Å². The molecular formula is C23H26N4O2S. The Bertz CT molecular complexity index is 1140. The Labute approximate surface area is 180 Å². The zero-order chi connectivity index (χ0) is 21.1. The molecular weight excluding hydrogens is 396 g/mol. The monoisotopic (exact) mass is 422 g/mol. The van der Waals surface area contributed by atoms with E-state index in [0.29, 0.717) is 22.6 Å². The Hall–Kier alpha value is -2.80. The van der Waals surface area contributed by atoms with E-state index >= 15 is 0 Å². The van der Waals surface area contributed by atoms with Gasteiger partial charge >= 0.3 is 0 Å². The molecule has 156 valence electrons. The second-order valence-corrected chi connectivity index (χ2v) is 8.43. The minimum absolute atomic E-state index is 0.0700. The maximum Gasteiger partial charge on any atom is 0.262 e. The largest absolute Gasteiger partial charge is 0.372 e. The molecule has 2 heterocycles. The third kappa shape index (κ3) is 4.21. The molecule has 0 unspecified atom stereocenters. The van der Waals surface area contributed by atoms with Crippen LogP contribution >= 0.6 is 11.8 Å². The summed E-state index contributed by atoms with van der Waals surface area (Å²) in [5, 5.41) is 4.16. The summed E-state index contributed by atoms with van der Waals surface area (Å²) < 4.78 is 1.62. The molecule has 1 saturated heterocycles. The molecule has 2 aromatic carbocycles. The number of para-hydroxylation sites is 1. The molecule has 1 aliphatic rings. The summed E-state index contributed by atoms with van der Waals surface area (Å²) in [6.07, 6.45) is 2.47. The second kappa shape index (κ2) is 8.92. The summed E-state index contributed by atoms with van der Waals surface area (Å²) in [5.74, 6) is 0.0834. The van der Waals surface area contributed by atoms with Crippen molar-refractivity contribution in [2.24, 2.45) is 0 Å². The van der Waals surface area contributed by atoms with Gasteiger partial charge in [0, 0.05) is 31.0 Å². The van der Waals surface area contributed by atoms with Gasteiger partial charge in [0.2, 0.25) is 5.91 Å². The number of rotatable bonds is 6. The van der Waals surface area contributed by atoms with E-state index in [1.807, 2.05) is 38.1 Å². The van der Waals surface area contributed by atoms with Gasteiger partial charge in [0.1, 0.15) is 0 Å². The molecule has 1 aliphatic heterocycles. The smallest absolute Gasteiger partial charge is 0.262 e. The number of aryl methyl sites for hydroxylation is 1. The topological polar surface area (TPSA) is 67.2 Å². The number of fused-ring (bicyclic) bond motifs is 1. The molecule has 0 saturated carbocycles. The van der Waals surface area contributed by atoms with Crippen LogP contribution in [-0.4, -0.2) is 34.3 Å². The zero-order valence-corrected chi connectivity index (χ0v) is 18.2. The molecule has 0 aliphatic carbocycles. The lowest BCUT2D eigenvalue weighted by molar-refractivity contribution is -0.113. The van der Waals surface area contributed by atoms with Crippen molar-refractivity contribution in [1.82, 2.24) is 9.55 Å². The Kier molecular flexibility index (Phi) is 6.08. The van der Waals surface area contributed by atoms with Crippen molar-refractivity contribution in [2.75, 3.05) is 29.1 Å². The summed E-state index contributed by atoms with van der Waals surface area (Å²) in [6, 6.07) is 13.5. The zero-order valence-electron chi connectivity index (χ0n) is 17.4. The fourth-order valence-electron chi connectivity index (χ4n) is 3.81. The molecule has 0 atom stereocenters. The molecule has 7 heteroatoms. The minimum atomic E-state index is -0.109. The molecule has 1 N–H and O–H groups in total. The highest BCUT2D eigenvalue weighted by Crippen LogP contribution is 2.26. The number of nitrogens with one attached hydrogen (secondary N) is 1. The fraction of sp³-hybridized carbons (Fsp3) is 0.348. The quantitative estimate of drug-likeness (QED) is 0.479. The lowest BCUT2D eigenvalue weighted by Gasteiger charge is -2.19. The van der Waals surface area contributed by atoms with Gasteiger partial charge in [-0.05, 0) is 62.6 Å². The van der Waals surface area contributed by atoms with Crippen LogP contribution in [-0.2, 0) is 11.3 Å². The van der Waals surface area contributed by atoms with Crippen molar-refractivity contribution in [2.45, 2.75) is 38.4 Å². The van der Waals surface area contributed by atoms with E-state index in [-0.39, 0.29) is 17.2 Å². The van der Waals surface area contributed by atoms with Gasteiger partial charge in [0.25, 0.3) is 5.56 Å². The molecule has 1 fully saturated rings. The lowest BCUT2D eigenvalue weighted by Crippen LogP contribution is -2.23. The van der Waals surface area contributed by atoms with E-state index in [1.54, 1.807) is 10.6 Å². The van der Waals surface area contributed by atoms with Gasteiger partial charge in [-0.3, -0.25) is 14.2 Å². The van der Waals surface area contributed by atoms with Crippen LogP contribution in [0.1, 0.15) is 25.3 Å². The Morgan fingerprint density at radius 2 is 1.93 bits per heavy atom. The van der Waals surface area contributed by atoms with Gasteiger partial charge in [-0.2, -0.15) is 0 Å². The van der Waals surface area contributed by atoms with Crippen LogP contribution in [0.2, 0.25) is 0 Å². The van der Waals surface area contributed by atoms with Gasteiger partial charge in [-0.15, -0.1) is 0 Å². The maximum atomic E-state index is 12.7. The Morgan fingerprint density at radius 3 is 2.67 bits per heavy atom. The first kappa shape index (κ1) is 20.5. The summed E-state index contributed by atoms with van der Waals surface area (Å²) >= 11 is 1.29. The SMILES string of the molecule is CCn1c(SCC(=O)Nc2ccc(N3CCCC3)cc2C)nc2ccccc2c1=O. The van der Waals surface area contributed by atoms with E-state index in [4.69, 9.17) is 0 Å². The summed E-state index contributed by atoms with van der Waals surface area (Å²) in [5.41, 5.74) is 3.67. The van der Waals surface area contributed by atoms with Gasteiger partial charge in [0.05, 0.1) is 16.7 Å². The van der Waals surface area contributed by atoms with Crippen molar-refractivity contribution in [3.63, 3.8) is 0 Å². The van der Waals surface area contributed by atoms with E-state index in [1.165, 1.54) is 30.3 Å². The number of amides is 1. The normalized spacial score (nSPS) is 13.7. The third-order valence-corrected chi connectivity index (χ3v) is 6.41. The molecule has 0 bridgehead atoms. The van der Waals surface area contributed by atoms with Gasteiger partial charge in [-0.1, -0.05) is 23.9 Å². The summed E-state index contributed by atoms with van der Waals surface area (Å²) in [7, 11) is 0. The van der Waals surface area contributed by atoms with Gasteiger partial charge < -0.3 is 10.2 Å².